The van der Waals surface area contributed by atoms with E-state index >= 15 is 0 Å². The molecule has 0 saturated heterocycles. The second-order valence-corrected chi connectivity index (χ2v) is 7.65. The van der Waals surface area contributed by atoms with E-state index < -0.39 is 35.0 Å². The number of hydrogen-bond acceptors (Lipinski definition) is 7. The van der Waals surface area contributed by atoms with E-state index in [2.05, 4.69) is 12.2 Å². The van der Waals surface area contributed by atoms with Crippen molar-refractivity contribution in [1.29, 1.82) is 0 Å². The minimum atomic E-state index is -0.820. The number of nitrogens with zero attached hydrogens (tertiary/aromatic N) is 2. The van der Waals surface area contributed by atoms with Gasteiger partial charge in [0.1, 0.15) is 5.56 Å². The van der Waals surface area contributed by atoms with Crippen molar-refractivity contribution in [2.24, 2.45) is 5.92 Å². The molecule has 1 saturated carbocycles. The van der Waals surface area contributed by atoms with E-state index in [-0.39, 0.29) is 36.0 Å². The first-order chi connectivity index (χ1) is 14.3. The molecule has 1 aliphatic heterocycles. The van der Waals surface area contributed by atoms with Gasteiger partial charge in [-0.25, -0.2) is 0 Å². The first kappa shape index (κ1) is 21.4. The van der Waals surface area contributed by atoms with Gasteiger partial charge in [-0.1, -0.05) is 13.0 Å². The first-order valence-corrected chi connectivity index (χ1v) is 9.86. The molecule has 0 radical (unpaired) electrons. The predicted molar refractivity (Wildman–Crippen MR) is 104 cm³/mol. The predicted octanol–water partition coefficient (Wildman–Crippen LogP) is 1.82. The Bertz CT molecular complexity index is 890. The Morgan fingerprint density at radius 2 is 1.90 bits per heavy atom. The van der Waals surface area contributed by atoms with Gasteiger partial charge in [0.05, 0.1) is 16.9 Å². The summed E-state index contributed by atoms with van der Waals surface area (Å²) in [6.07, 6.45) is 3.57. The minimum absolute atomic E-state index is 0.0660. The highest BCUT2D eigenvalue weighted by Gasteiger charge is 2.40. The van der Waals surface area contributed by atoms with Crippen LogP contribution in [0.2, 0.25) is 0 Å². The van der Waals surface area contributed by atoms with Gasteiger partial charge in [0.15, 0.2) is 6.61 Å². The quantitative estimate of drug-likeness (QED) is 0.309. The van der Waals surface area contributed by atoms with Crippen LogP contribution in [-0.2, 0) is 14.3 Å². The van der Waals surface area contributed by atoms with Crippen LogP contribution in [0.15, 0.2) is 18.2 Å². The Hall–Kier alpha value is -3.30. The zero-order valence-electron chi connectivity index (χ0n) is 16.6. The molecule has 3 rings (SSSR count). The van der Waals surface area contributed by atoms with Crippen molar-refractivity contribution in [1.82, 2.24) is 10.2 Å². The number of fused-ring (bicyclic) bond motifs is 1. The van der Waals surface area contributed by atoms with Crippen LogP contribution in [0.1, 0.15) is 59.7 Å². The largest absolute Gasteiger partial charge is 0.456 e. The molecule has 30 heavy (non-hydrogen) atoms. The molecule has 0 spiro atoms. The number of imide groups is 1. The summed E-state index contributed by atoms with van der Waals surface area (Å²) in [6, 6.07) is 3.89. The molecule has 1 heterocycles. The van der Waals surface area contributed by atoms with Crippen molar-refractivity contribution in [3.05, 3.63) is 39.4 Å². The van der Waals surface area contributed by atoms with Gasteiger partial charge in [-0.3, -0.25) is 34.2 Å². The van der Waals surface area contributed by atoms with E-state index in [1.165, 1.54) is 12.1 Å². The van der Waals surface area contributed by atoms with Crippen LogP contribution < -0.4 is 5.32 Å². The van der Waals surface area contributed by atoms with Crippen LogP contribution >= 0.6 is 0 Å². The van der Waals surface area contributed by atoms with Gasteiger partial charge in [0.25, 0.3) is 23.4 Å². The minimum Gasteiger partial charge on any atom is -0.456 e. The number of esters is 1. The topological polar surface area (TPSA) is 136 Å². The molecule has 3 amide bonds. The molecule has 160 valence electrons. The Morgan fingerprint density at radius 3 is 2.57 bits per heavy atom. The highest BCUT2D eigenvalue weighted by atomic mass is 16.6. The number of carbonyl (C=O) groups excluding carboxylic acids is 4. The second-order valence-electron chi connectivity index (χ2n) is 7.65. The van der Waals surface area contributed by atoms with E-state index in [0.29, 0.717) is 5.92 Å². The summed E-state index contributed by atoms with van der Waals surface area (Å²) in [4.78, 5) is 59.8. The lowest BCUT2D eigenvalue weighted by molar-refractivity contribution is -0.385. The smallest absolute Gasteiger partial charge is 0.308 e. The molecule has 10 heteroatoms. The normalized spacial score (nSPS) is 20.6. The third-order valence-corrected chi connectivity index (χ3v) is 5.46. The molecule has 10 nitrogen and oxygen atoms in total. The van der Waals surface area contributed by atoms with Crippen LogP contribution in [-0.4, -0.2) is 52.7 Å². The number of benzene rings is 1. The molecule has 0 bridgehead atoms. The van der Waals surface area contributed by atoms with Crippen LogP contribution in [0.3, 0.4) is 0 Å². The second kappa shape index (κ2) is 9.02. The molecule has 1 aromatic rings. The molecule has 1 aromatic carbocycles. The monoisotopic (exact) mass is 417 g/mol. The van der Waals surface area contributed by atoms with Gasteiger partial charge in [0.2, 0.25) is 0 Å². The Labute approximate surface area is 172 Å². The van der Waals surface area contributed by atoms with Crippen LogP contribution in [0.25, 0.3) is 0 Å². The number of nitro groups is 1. The van der Waals surface area contributed by atoms with Crippen molar-refractivity contribution in [2.45, 2.75) is 45.1 Å². The van der Waals surface area contributed by atoms with Crippen molar-refractivity contribution < 1.29 is 28.8 Å². The highest BCUT2D eigenvalue weighted by molar-refractivity contribution is 6.23. The Kier molecular flexibility index (Phi) is 6.43. The van der Waals surface area contributed by atoms with Gasteiger partial charge in [0, 0.05) is 18.7 Å². The number of ether oxygens (including phenoxy) is 1. The van der Waals surface area contributed by atoms with E-state index in [0.717, 1.165) is 36.6 Å². The maximum atomic E-state index is 12.4. The van der Waals surface area contributed by atoms with Crippen LogP contribution in [0.4, 0.5) is 5.69 Å². The SMILES string of the molecule is CC1CCC(NC(=O)COC(=O)CCN2C(=O)c3cccc([N+](=O)[O-])c3C2=O)CC1. The number of nitrogens with one attached hydrogen (secondary N) is 1. The highest BCUT2D eigenvalue weighted by Crippen LogP contribution is 2.30. The maximum absolute atomic E-state index is 12.4. The summed E-state index contributed by atoms with van der Waals surface area (Å²) < 4.78 is 4.93. The van der Waals surface area contributed by atoms with Gasteiger partial charge < -0.3 is 10.1 Å². The molecular formula is C20H23N3O7. The average molecular weight is 417 g/mol. The fraction of sp³-hybridized carbons (Fsp3) is 0.500. The zero-order chi connectivity index (χ0) is 21.8. The lowest BCUT2D eigenvalue weighted by Crippen LogP contribution is -2.39. The first-order valence-electron chi connectivity index (χ1n) is 9.86. The van der Waals surface area contributed by atoms with Crippen molar-refractivity contribution in [3.8, 4) is 0 Å². The molecule has 2 aliphatic rings. The van der Waals surface area contributed by atoms with E-state index in [1.807, 2.05) is 0 Å². The molecular weight excluding hydrogens is 394 g/mol. The summed E-state index contributed by atoms with van der Waals surface area (Å²) >= 11 is 0. The molecule has 1 fully saturated rings. The molecule has 0 unspecified atom stereocenters. The number of rotatable bonds is 7. The van der Waals surface area contributed by atoms with Gasteiger partial charge in [-0.2, -0.15) is 0 Å². The zero-order valence-corrected chi connectivity index (χ0v) is 16.6. The fourth-order valence-corrected chi connectivity index (χ4v) is 3.77. The van der Waals surface area contributed by atoms with Crippen LogP contribution in [0, 0.1) is 16.0 Å². The van der Waals surface area contributed by atoms with Gasteiger partial charge in [-0.05, 0) is 37.7 Å². The Morgan fingerprint density at radius 1 is 1.20 bits per heavy atom. The average Bonchev–Trinajstić information content (AvgIpc) is 2.96. The number of hydrogen-bond donors (Lipinski definition) is 1. The molecule has 0 aromatic heterocycles. The summed E-state index contributed by atoms with van der Waals surface area (Å²) in [7, 11) is 0. The van der Waals surface area contributed by atoms with Crippen molar-refractivity contribution in [3.63, 3.8) is 0 Å². The summed E-state index contributed by atoms with van der Waals surface area (Å²) in [5.74, 6) is -2.00. The molecule has 0 atom stereocenters. The van der Waals surface area contributed by atoms with Crippen molar-refractivity contribution in [2.75, 3.05) is 13.2 Å². The summed E-state index contributed by atoms with van der Waals surface area (Å²) in [6.45, 7) is 1.45. The van der Waals surface area contributed by atoms with Crippen LogP contribution in [0.5, 0.6) is 0 Å². The molecule has 1 N–H and O–H groups in total. The molecule has 1 aliphatic carbocycles. The lowest BCUT2D eigenvalue weighted by Gasteiger charge is -2.26. The lowest BCUT2D eigenvalue weighted by atomic mass is 9.87. The van der Waals surface area contributed by atoms with Crippen molar-refractivity contribution >= 4 is 29.4 Å². The van der Waals surface area contributed by atoms with E-state index in [4.69, 9.17) is 4.74 Å². The van der Waals surface area contributed by atoms with Gasteiger partial charge in [-0.15, -0.1) is 0 Å². The summed E-state index contributed by atoms with van der Waals surface area (Å²) in [5, 5.41) is 13.9. The third-order valence-electron chi connectivity index (χ3n) is 5.46. The third kappa shape index (κ3) is 4.64. The fourth-order valence-electron chi connectivity index (χ4n) is 3.77. The summed E-state index contributed by atoms with van der Waals surface area (Å²) in [5.41, 5.74) is -0.796. The van der Waals surface area contributed by atoms with Gasteiger partial charge >= 0.3 is 5.97 Å². The number of nitro benzene ring substituents is 1. The van der Waals surface area contributed by atoms with E-state index in [1.54, 1.807) is 0 Å². The maximum Gasteiger partial charge on any atom is 0.308 e. The van der Waals surface area contributed by atoms with E-state index in [9.17, 15) is 29.3 Å². The Balaban J connectivity index is 1.47. The standard InChI is InChI=1S/C20H23N3O7/c1-12-5-7-13(8-6-12)21-16(24)11-30-17(25)9-10-22-19(26)14-3-2-4-15(23(28)29)18(14)20(22)27/h2-4,12-13H,5-11H2,1H3,(H,21,24). The number of carbonyl (C=O) groups is 4. The number of amides is 3.